The lowest BCUT2D eigenvalue weighted by molar-refractivity contribution is 0.214. The molecule has 0 aromatic heterocycles. The molecule has 2 nitrogen and oxygen atoms in total. The second-order valence-electron chi connectivity index (χ2n) is 8.30. The molecule has 0 saturated heterocycles. The summed E-state index contributed by atoms with van der Waals surface area (Å²) in [6, 6.07) is 33.4. The van der Waals surface area contributed by atoms with Gasteiger partial charge in [0.1, 0.15) is 0 Å². The highest BCUT2D eigenvalue weighted by Gasteiger charge is 2.42. The molecular formula is C29H26O2. The van der Waals surface area contributed by atoms with Crippen molar-refractivity contribution in [2.45, 2.75) is 24.9 Å². The zero-order valence-corrected chi connectivity index (χ0v) is 17.5. The van der Waals surface area contributed by atoms with Crippen LogP contribution in [0.1, 0.15) is 28.7 Å². The minimum Gasteiger partial charge on any atom is -0.395 e. The lowest BCUT2D eigenvalue weighted by atomic mass is 9.74. The van der Waals surface area contributed by atoms with Gasteiger partial charge in [0.25, 0.3) is 0 Å². The van der Waals surface area contributed by atoms with Crippen LogP contribution in [0, 0.1) is 0 Å². The molecule has 0 saturated carbocycles. The molecule has 0 atom stereocenters. The van der Waals surface area contributed by atoms with Gasteiger partial charge >= 0.3 is 0 Å². The second-order valence-corrected chi connectivity index (χ2v) is 8.30. The lowest BCUT2D eigenvalue weighted by Gasteiger charge is -2.30. The number of aryl methyl sites for hydroxylation is 1. The summed E-state index contributed by atoms with van der Waals surface area (Å²) in [6.07, 6.45) is 1.65. The number of hydrogen-bond donors (Lipinski definition) is 2. The SMILES string of the molecule is OCc1ccccc1-c1ccccc1CCC1(CO)c2ccccc2-c2ccccc21. The van der Waals surface area contributed by atoms with Gasteiger partial charge in [-0.1, -0.05) is 97.1 Å². The summed E-state index contributed by atoms with van der Waals surface area (Å²) < 4.78 is 0. The van der Waals surface area contributed by atoms with E-state index in [-0.39, 0.29) is 13.2 Å². The highest BCUT2D eigenvalue weighted by atomic mass is 16.3. The minimum atomic E-state index is -0.406. The number of aliphatic hydroxyl groups is 2. The van der Waals surface area contributed by atoms with E-state index < -0.39 is 5.41 Å². The van der Waals surface area contributed by atoms with Crippen LogP contribution in [0.15, 0.2) is 97.1 Å². The van der Waals surface area contributed by atoms with E-state index >= 15 is 0 Å². The second kappa shape index (κ2) is 8.14. The first-order valence-electron chi connectivity index (χ1n) is 10.9. The first-order chi connectivity index (χ1) is 15.3. The van der Waals surface area contributed by atoms with Crippen molar-refractivity contribution in [2.24, 2.45) is 0 Å². The molecule has 0 radical (unpaired) electrons. The fourth-order valence-electron chi connectivity index (χ4n) is 5.20. The van der Waals surface area contributed by atoms with Crippen LogP contribution in [-0.4, -0.2) is 16.8 Å². The summed E-state index contributed by atoms with van der Waals surface area (Å²) in [6.45, 7) is 0.0995. The maximum absolute atomic E-state index is 10.7. The topological polar surface area (TPSA) is 40.5 Å². The van der Waals surface area contributed by atoms with Crippen molar-refractivity contribution < 1.29 is 10.2 Å². The minimum absolute atomic E-state index is 0.0197. The van der Waals surface area contributed by atoms with Gasteiger partial charge in [-0.05, 0) is 57.3 Å². The Morgan fingerprint density at radius 3 is 1.52 bits per heavy atom. The molecule has 31 heavy (non-hydrogen) atoms. The first kappa shape index (κ1) is 19.7. The molecule has 2 N–H and O–H groups in total. The van der Waals surface area contributed by atoms with Crippen LogP contribution in [0.2, 0.25) is 0 Å². The Kier molecular flexibility index (Phi) is 5.19. The quantitative estimate of drug-likeness (QED) is 0.429. The highest BCUT2D eigenvalue weighted by molar-refractivity contribution is 5.81. The Hall–Kier alpha value is -3.20. The Morgan fingerprint density at radius 1 is 0.516 bits per heavy atom. The molecule has 0 fully saturated rings. The summed E-state index contributed by atoms with van der Waals surface area (Å²) in [7, 11) is 0. The summed E-state index contributed by atoms with van der Waals surface area (Å²) >= 11 is 0. The Balaban J connectivity index is 1.57. The molecule has 0 unspecified atom stereocenters. The van der Waals surface area contributed by atoms with Crippen LogP contribution < -0.4 is 0 Å². The molecule has 1 aliphatic carbocycles. The van der Waals surface area contributed by atoms with Crippen molar-refractivity contribution in [3.05, 3.63) is 119 Å². The number of fused-ring (bicyclic) bond motifs is 3. The predicted octanol–water partition coefficient (Wildman–Crippen LogP) is 5.74. The predicted molar refractivity (Wildman–Crippen MR) is 126 cm³/mol. The van der Waals surface area contributed by atoms with Crippen LogP contribution in [0.5, 0.6) is 0 Å². The normalized spacial score (nSPS) is 13.6. The molecule has 0 spiro atoms. The molecular weight excluding hydrogens is 380 g/mol. The van der Waals surface area contributed by atoms with Gasteiger partial charge in [-0.3, -0.25) is 0 Å². The van der Waals surface area contributed by atoms with Crippen molar-refractivity contribution in [1.29, 1.82) is 0 Å². The van der Waals surface area contributed by atoms with E-state index in [2.05, 4.69) is 78.9 Å². The van der Waals surface area contributed by atoms with Crippen LogP contribution in [0.4, 0.5) is 0 Å². The third-order valence-electron chi connectivity index (χ3n) is 6.76. The zero-order valence-electron chi connectivity index (χ0n) is 17.5. The molecule has 4 aromatic carbocycles. The van der Waals surface area contributed by atoms with Gasteiger partial charge in [0.2, 0.25) is 0 Å². The molecule has 154 valence electrons. The van der Waals surface area contributed by atoms with Gasteiger partial charge in [0.05, 0.1) is 13.2 Å². The van der Waals surface area contributed by atoms with E-state index in [1.54, 1.807) is 0 Å². The average Bonchev–Trinajstić information content (AvgIpc) is 3.13. The van der Waals surface area contributed by atoms with E-state index in [0.29, 0.717) is 0 Å². The standard InChI is InChI=1S/C29H26O2/c30-19-22-10-2-4-12-24(22)23-11-3-1-9-21(23)17-18-29(20-31)27-15-7-5-13-25(27)26-14-6-8-16-28(26)29/h1-16,30-31H,17-20H2. The smallest absolute Gasteiger partial charge is 0.0687 e. The van der Waals surface area contributed by atoms with Gasteiger partial charge in [0, 0.05) is 5.41 Å². The van der Waals surface area contributed by atoms with E-state index in [4.69, 9.17) is 0 Å². The molecule has 0 bridgehead atoms. The zero-order chi connectivity index (χ0) is 21.3. The van der Waals surface area contributed by atoms with Gasteiger partial charge in [-0.15, -0.1) is 0 Å². The van der Waals surface area contributed by atoms with E-state index in [1.165, 1.54) is 27.8 Å². The molecule has 0 heterocycles. The van der Waals surface area contributed by atoms with E-state index in [1.807, 2.05) is 18.2 Å². The van der Waals surface area contributed by atoms with Crippen molar-refractivity contribution in [3.8, 4) is 22.3 Å². The summed E-state index contributed by atoms with van der Waals surface area (Å²) in [5.41, 5.74) is 8.87. The Morgan fingerprint density at radius 2 is 0.968 bits per heavy atom. The fourth-order valence-corrected chi connectivity index (χ4v) is 5.20. The summed E-state index contributed by atoms with van der Waals surface area (Å²) in [4.78, 5) is 0. The number of aliphatic hydroxyl groups excluding tert-OH is 2. The van der Waals surface area contributed by atoms with E-state index in [9.17, 15) is 10.2 Å². The molecule has 0 amide bonds. The Labute approximate surface area is 183 Å². The van der Waals surface area contributed by atoms with Crippen molar-refractivity contribution in [2.75, 3.05) is 6.61 Å². The third kappa shape index (κ3) is 3.20. The number of rotatable bonds is 6. The van der Waals surface area contributed by atoms with Gasteiger partial charge in [-0.25, -0.2) is 0 Å². The number of benzene rings is 4. The average molecular weight is 407 g/mol. The summed E-state index contributed by atoms with van der Waals surface area (Å²) in [5, 5.41) is 20.6. The maximum Gasteiger partial charge on any atom is 0.0687 e. The lowest BCUT2D eigenvalue weighted by Crippen LogP contribution is -2.30. The van der Waals surface area contributed by atoms with Crippen LogP contribution in [0.3, 0.4) is 0 Å². The maximum atomic E-state index is 10.7. The monoisotopic (exact) mass is 406 g/mol. The van der Waals surface area contributed by atoms with Gasteiger partial charge < -0.3 is 10.2 Å². The van der Waals surface area contributed by atoms with Crippen molar-refractivity contribution in [1.82, 2.24) is 0 Å². The van der Waals surface area contributed by atoms with Gasteiger partial charge in [-0.2, -0.15) is 0 Å². The molecule has 0 aliphatic heterocycles. The van der Waals surface area contributed by atoms with Gasteiger partial charge in [0.15, 0.2) is 0 Å². The molecule has 2 heteroatoms. The molecule has 4 aromatic rings. The van der Waals surface area contributed by atoms with Crippen molar-refractivity contribution in [3.63, 3.8) is 0 Å². The first-order valence-corrected chi connectivity index (χ1v) is 10.9. The molecule has 1 aliphatic rings. The van der Waals surface area contributed by atoms with Crippen LogP contribution >= 0.6 is 0 Å². The summed E-state index contributed by atoms with van der Waals surface area (Å²) in [5.74, 6) is 0. The largest absolute Gasteiger partial charge is 0.395 e. The highest BCUT2D eigenvalue weighted by Crippen LogP contribution is 2.51. The third-order valence-corrected chi connectivity index (χ3v) is 6.76. The number of hydrogen-bond acceptors (Lipinski definition) is 2. The Bertz CT molecular complexity index is 1180. The van der Waals surface area contributed by atoms with Crippen LogP contribution in [0.25, 0.3) is 22.3 Å². The van der Waals surface area contributed by atoms with Crippen molar-refractivity contribution >= 4 is 0 Å². The fraction of sp³-hybridized carbons (Fsp3) is 0.172. The molecule has 5 rings (SSSR count). The van der Waals surface area contributed by atoms with Crippen LogP contribution in [-0.2, 0) is 18.4 Å². The van der Waals surface area contributed by atoms with E-state index in [0.717, 1.165) is 29.5 Å².